The number of benzene rings is 2. The number of hydrogen-bond donors (Lipinski definition) is 0. The van der Waals surface area contributed by atoms with Crippen molar-refractivity contribution >= 4 is 10.0 Å². The molecule has 0 amide bonds. The first-order valence-corrected chi connectivity index (χ1v) is 8.94. The first-order chi connectivity index (χ1) is 11.9. The third kappa shape index (κ3) is 4.37. The molecule has 0 saturated heterocycles. The summed E-state index contributed by atoms with van der Waals surface area (Å²) in [7, 11) is -0.749. The maximum Gasteiger partial charge on any atom is 0.243 e. The van der Waals surface area contributed by atoms with E-state index in [-0.39, 0.29) is 18.0 Å². The van der Waals surface area contributed by atoms with E-state index in [1.807, 2.05) is 0 Å². The van der Waals surface area contributed by atoms with E-state index in [2.05, 4.69) is 6.58 Å². The highest BCUT2D eigenvalue weighted by Gasteiger charge is 2.24. The molecule has 0 N–H and O–H groups in total. The molecule has 25 heavy (non-hydrogen) atoms. The first kappa shape index (κ1) is 19.0. The zero-order valence-electron chi connectivity index (χ0n) is 14.1. The van der Waals surface area contributed by atoms with Crippen LogP contribution in [-0.2, 0) is 16.6 Å². The van der Waals surface area contributed by atoms with Crippen molar-refractivity contribution in [1.82, 2.24) is 4.31 Å². The molecule has 7 heteroatoms. The van der Waals surface area contributed by atoms with E-state index in [1.165, 1.54) is 36.7 Å². The Morgan fingerprint density at radius 3 is 2.28 bits per heavy atom. The lowest BCUT2D eigenvalue weighted by Crippen LogP contribution is -2.30. The summed E-state index contributed by atoms with van der Waals surface area (Å²) in [6.45, 7) is 3.85. The largest absolute Gasteiger partial charge is 0.493 e. The quantitative estimate of drug-likeness (QED) is 0.674. The smallest absolute Gasteiger partial charge is 0.243 e. The number of ether oxygens (including phenoxy) is 2. The van der Waals surface area contributed by atoms with Crippen molar-refractivity contribution in [2.75, 3.05) is 20.8 Å². The lowest BCUT2D eigenvalue weighted by Gasteiger charge is -2.21. The molecule has 0 bridgehead atoms. The van der Waals surface area contributed by atoms with Gasteiger partial charge in [0.1, 0.15) is 5.82 Å². The Morgan fingerprint density at radius 1 is 1.08 bits per heavy atom. The number of rotatable bonds is 8. The minimum absolute atomic E-state index is 0.0243. The standard InChI is InChI=1S/C18H20FNO4S/c1-4-11-20(25(21,22)16-8-6-15(19)7-9-16)13-14-5-10-17(23-2)18(12-14)24-3/h4-10,12H,1,11,13H2,2-3H3. The molecule has 2 rings (SSSR count). The SMILES string of the molecule is C=CCN(Cc1ccc(OC)c(OC)c1)S(=O)(=O)c1ccc(F)cc1. The summed E-state index contributed by atoms with van der Waals surface area (Å²) in [6, 6.07) is 9.92. The third-order valence-corrected chi connectivity index (χ3v) is 5.42. The number of halogens is 1. The zero-order valence-corrected chi connectivity index (χ0v) is 14.9. The molecule has 0 spiro atoms. The van der Waals surface area contributed by atoms with Gasteiger partial charge in [-0.05, 0) is 42.0 Å². The molecule has 0 aliphatic rings. The van der Waals surface area contributed by atoms with Crippen molar-refractivity contribution in [2.45, 2.75) is 11.4 Å². The van der Waals surface area contributed by atoms with E-state index in [4.69, 9.17) is 9.47 Å². The van der Waals surface area contributed by atoms with Crippen LogP contribution in [0.4, 0.5) is 4.39 Å². The van der Waals surface area contributed by atoms with Crippen LogP contribution in [0.1, 0.15) is 5.56 Å². The van der Waals surface area contributed by atoms with Crippen LogP contribution in [0, 0.1) is 5.82 Å². The summed E-state index contributed by atoms with van der Waals surface area (Å²) in [5.74, 6) is 0.578. The van der Waals surface area contributed by atoms with Crippen molar-refractivity contribution < 1.29 is 22.3 Å². The number of hydrogen-bond acceptors (Lipinski definition) is 4. The lowest BCUT2D eigenvalue weighted by molar-refractivity contribution is 0.353. The van der Waals surface area contributed by atoms with Crippen molar-refractivity contribution in [3.63, 3.8) is 0 Å². The van der Waals surface area contributed by atoms with Gasteiger partial charge in [0, 0.05) is 13.1 Å². The summed E-state index contributed by atoms with van der Waals surface area (Å²) in [5, 5.41) is 0. The Hall–Kier alpha value is -2.38. The second-order valence-corrected chi connectivity index (χ2v) is 7.17. The van der Waals surface area contributed by atoms with E-state index in [9.17, 15) is 12.8 Å². The van der Waals surface area contributed by atoms with Gasteiger partial charge in [-0.25, -0.2) is 12.8 Å². The average molecular weight is 365 g/mol. The van der Waals surface area contributed by atoms with E-state index in [0.29, 0.717) is 11.5 Å². The van der Waals surface area contributed by atoms with Crippen molar-refractivity contribution in [2.24, 2.45) is 0 Å². The minimum Gasteiger partial charge on any atom is -0.493 e. The molecule has 0 aromatic heterocycles. The Balaban J connectivity index is 2.35. The molecule has 0 saturated carbocycles. The average Bonchev–Trinajstić information content (AvgIpc) is 2.61. The fourth-order valence-corrected chi connectivity index (χ4v) is 3.73. The van der Waals surface area contributed by atoms with Gasteiger partial charge in [-0.2, -0.15) is 4.31 Å². The molecule has 0 fully saturated rings. The summed E-state index contributed by atoms with van der Waals surface area (Å²) in [6.07, 6.45) is 1.50. The van der Waals surface area contributed by atoms with Crippen LogP contribution in [0.2, 0.25) is 0 Å². The van der Waals surface area contributed by atoms with Crippen LogP contribution < -0.4 is 9.47 Å². The first-order valence-electron chi connectivity index (χ1n) is 7.50. The molecule has 0 aliphatic heterocycles. The van der Waals surface area contributed by atoms with Crippen molar-refractivity contribution in [3.8, 4) is 11.5 Å². The number of methoxy groups -OCH3 is 2. The van der Waals surface area contributed by atoms with Gasteiger partial charge in [0.05, 0.1) is 19.1 Å². The lowest BCUT2D eigenvalue weighted by atomic mass is 10.2. The fraction of sp³-hybridized carbons (Fsp3) is 0.222. The summed E-state index contributed by atoms with van der Waals surface area (Å²) < 4.78 is 50.4. The van der Waals surface area contributed by atoms with Gasteiger partial charge in [0.2, 0.25) is 10.0 Å². The Kier molecular flexibility index (Phi) is 6.17. The summed E-state index contributed by atoms with van der Waals surface area (Å²) in [5.41, 5.74) is 0.727. The van der Waals surface area contributed by atoms with E-state index < -0.39 is 15.8 Å². The minimum atomic E-state index is -3.79. The van der Waals surface area contributed by atoms with Gasteiger partial charge in [0.25, 0.3) is 0 Å². The Labute approximate surface area is 147 Å². The summed E-state index contributed by atoms with van der Waals surface area (Å²) >= 11 is 0. The van der Waals surface area contributed by atoms with Crippen LogP contribution in [0.15, 0.2) is 60.0 Å². The van der Waals surface area contributed by atoms with E-state index in [1.54, 1.807) is 18.2 Å². The van der Waals surface area contributed by atoms with Gasteiger partial charge in [-0.1, -0.05) is 12.1 Å². The molecule has 0 heterocycles. The highest BCUT2D eigenvalue weighted by atomic mass is 32.2. The van der Waals surface area contributed by atoms with Crippen molar-refractivity contribution in [1.29, 1.82) is 0 Å². The van der Waals surface area contributed by atoms with Crippen LogP contribution in [0.5, 0.6) is 11.5 Å². The Morgan fingerprint density at radius 2 is 1.72 bits per heavy atom. The maximum atomic E-state index is 13.1. The van der Waals surface area contributed by atoms with Gasteiger partial charge in [0.15, 0.2) is 11.5 Å². The van der Waals surface area contributed by atoms with E-state index in [0.717, 1.165) is 17.7 Å². The summed E-state index contributed by atoms with van der Waals surface area (Å²) in [4.78, 5) is 0.0243. The molecule has 2 aromatic carbocycles. The van der Waals surface area contributed by atoms with Crippen LogP contribution in [0.3, 0.4) is 0 Å². The second kappa shape index (κ2) is 8.13. The molecular formula is C18H20FNO4S. The normalized spacial score (nSPS) is 11.4. The molecule has 2 aromatic rings. The maximum absolute atomic E-state index is 13.1. The van der Waals surface area contributed by atoms with Gasteiger partial charge in [-0.15, -0.1) is 6.58 Å². The van der Waals surface area contributed by atoms with Crippen LogP contribution in [-0.4, -0.2) is 33.5 Å². The van der Waals surface area contributed by atoms with Gasteiger partial charge < -0.3 is 9.47 Å². The third-order valence-electron chi connectivity index (χ3n) is 3.59. The fourth-order valence-electron chi connectivity index (χ4n) is 2.33. The van der Waals surface area contributed by atoms with E-state index >= 15 is 0 Å². The molecule has 0 radical (unpaired) electrons. The molecular weight excluding hydrogens is 345 g/mol. The van der Waals surface area contributed by atoms with Gasteiger partial charge in [-0.3, -0.25) is 0 Å². The number of nitrogens with zero attached hydrogens (tertiary/aromatic N) is 1. The topological polar surface area (TPSA) is 55.8 Å². The second-order valence-electron chi connectivity index (χ2n) is 5.23. The van der Waals surface area contributed by atoms with Gasteiger partial charge >= 0.3 is 0 Å². The monoisotopic (exact) mass is 365 g/mol. The van der Waals surface area contributed by atoms with Crippen LogP contribution >= 0.6 is 0 Å². The molecule has 0 aliphatic carbocycles. The zero-order chi connectivity index (χ0) is 18.4. The predicted octanol–water partition coefficient (Wildman–Crippen LogP) is 3.22. The number of sulfonamides is 1. The highest BCUT2D eigenvalue weighted by Crippen LogP contribution is 2.29. The molecule has 5 nitrogen and oxygen atoms in total. The Bertz CT molecular complexity index is 835. The molecule has 134 valence electrons. The molecule has 0 unspecified atom stereocenters. The van der Waals surface area contributed by atoms with Crippen LogP contribution in [0.25, 0.3) is 0 Å². The predicted molar refractivity (Wildman–Crippen MR) is 93.7 cm³/mol. The molecule has 0 atom stereocenters. The van der Waals surface area contributed by atoms with Crippen molar-refractivity contribution in [3.05, 3.63) is 66.5 Å². The highest BCUT2D eigenvalue weighted by molar-refractivity contribution is 7.89.